The van der Waals surface area contributed by atoms with E-state index in [1.165, 1.54) is 0 Å². The Morgan fingerprint density at radius 3 is 2.73 bits per heavy atom. The lowest BCUT2D eigenvalue weighted by molar-refractivity contribution is -0.138. The number of hydrogen-bond acceptors (Lipinski definition) is 5. The average molecular weight is 298 g/mol. The normalized spacial score (nSPS) is 15.0. The second-order valence-corrected chi connectivity index (χ2v) is 5.08. The summed E-state index contributed by atoms with van der Waals surface area (Å²) >= 11 is 0. The predicted molar refractivity (Wildman–Crippen MR) is 84.3 cm³/mol. The predicted octanol–water partition coefficient (Wildman–Crippen LogP) is 2.89. The third-order valence-corrected chi connectivity index (χ3v) is 3.31. The second kappa shape index (κ2) is 6.35. The Labute approximate surface area is 130 Å². The van der Waals surface area contributed by atoms with Gasteiger partial charge in [0, 0.05) is 31.4 Å². The monoisotopic (exact) mass is 298 g/mol. The van der Waals surface area contributed by atoms with Gasteiger partial charge in [-0.1, -0.05) is 0 Å². The average Bonchev–Trinajstić information content (AvgIpc) is 2.47. The molecule has 0 aromatic heterocycles. The summed E-state index contributed by atoms with van der Waals surface area (Å²) in [5.41, 5.74) is 2.72. The summed E-state index contributed by atoms with van der Waals surface area (Å²) < 4.78 is 10.7. The van der Waals surface area contributed by atoms with E-state index in [-0.39, 0.29) is 17.9 Å². The van der Waals surface area contributed by atoms with Crippen molar-refractivity contribution < 1.29 is 14.3 Å². The Morgan fingerprint density at radius 2 is 2.14 bits per heavy atom. The number of allylic oxidation sites excluding steroid dienone is 2. The minimum absolute atomic E-state index is 0.123. The summed E-state index contributed by atoms with van der Waals surface area (Å²) in [5.74, 6) is 0.177. The molecule has 1 aliphatic heterocycles. The van der Waals surface area contributed by atoms with Crippen molar-refractivity contribution in [3.05, 3.63) is 41.2 Å². The maximum atomic E-state index is 11.8. The van der Waals surface area contributed by atoms with Gasteiger partial charge in [0.1, 0.15) is 11.8 Å². The van der Waals surface area contributed by atoms with Crippen LogP contribution in [0.1, 0.15) is 19.4 Å². The highest BCUT2D eigenvalue weighted by molar-refractivity contribution is 5.95. The Hall–Kier alpha value is -2.74. The van der Waals surface area contributed by atoms with Gasteiger partial charge in [-0.25, -0.2) is 4.79 Å². The number of carbonyl (C=O) groups excluding carboxylic acids is 1. The van der Waals surface area contributed by atoms with Crippen LogP contribution in [-0.4, -0.2) is 26.7 Å². The van der Waals surface area contributed by atoms with Gasteiger partial charge in [0.05, 0.1) is 6.61 Å². The van der Waals surface area contributed by atoms with Gasteiger partial charge in [-0.2, -0.15) is 5.26 Å². The van der Waals surface area contributed by atoms with Gasteiger partial charge in [0.2, 0.25) is 0 Å². The number of hydrogen-bond donors (Lipinski definition) is 0. The van der Waals surface area contributed by atoms with Gasteiger partial charge in [-0.3, -0.25) is 0 Å². The van der Waals surface area contributed by atoms with E-state index in [4.69, 9.17) is 9.47 Å². The van der Waals surface area contributed by atoms with E-state index in [1.54, 1.807) is 13.0 Å². The standard InChI is InChI=1S/C17H18N2O3/c1-5-21-17(20)14(10-18)15-8-11(2)13-7-6-12(19(3)4)9-16(13)22-15/h6-9H,5H2,1-4H3. The summed E-state index contributed by atoms with van der Waals surface area (Å²) in [6.07, 6.45) is 1.69. The Balaban J connectivity index is 2.49. The van der Waals surface area contributed by atoms with Crippen LogP contribution in [0.25, 0.3) is 5.57 Å². The zero-order valence-electron chi connectivity index (χ0n) is 13.1. The van der Waals surface area contributed by atoms with E-state index < -0.39 is 5.97 Å². The summed E-state index contributed by atoms with van der Waals surface area (Å²) in [6, 6.07) is 7.70. The number of carbonyl (C=O) groups is 1. The molecule has 1 aliphatic rings. The maximum Gasteiger partial charge on any atom is 0.352 e. The molecule has 1 heterocycles. The molecule has 5 heteroatoms. The van der Waals surface area contributed by atoms with Crippen LogP contribution in [0.3, 0.4) is 0 Å². The van der Waals surface area contributed by atoms with Gasteiger partial charge >= 0.3 is 5.97 Å². The van der Waals surface area contributed by atoms with Gasteiger partial charge in [-0.05, 0) is 37.6 Å². The Bertz CT molecular complexity index is 709. The zero-order chi connectivity index (χ0) is 16.3. The highest BCUT2D eigenvalue weighted by Gasteiger charge is 2.22. The lowest BCUT2D eigenvalue weighted by Crippen LogP contribution is -2.14. The molecule has 2 rings (SSSR count). The van der Waals surface area contributed by atoms with E-state index in [0.717, 1.165) is 16.8 Å². The molecule has 0 bridgehead atoms. The number of esters is 1. The van der Waals surface area contributed by atoms with Crippen molar-refractivity contribution in [2.75, 3.05) is 25.6 Å². The molecule has 114 valence electrons. The molecule has 0 saturated heterocycles. The quantitative estimate of drug-likeness (QED) is 0.488. The molecule has 0 radical (unpaired) electrons. The number of ether oxygens (including phenoxy) is 2. The van der Waals surface area contributed by atoms with Crippen LogP contribution in [0.2, 0.25) is 0 Å². The van der Waals surface area contributed by atoms with E-state index in [2.05, 4.69) is 0 Å². The van der Waals surface area contributed by atoms with Gasteiger partial charge in [0.15, 0.2) is 11.3 Å². The molecule has 5 nitrogen and oxygen atoms in total. The minimum atomic E-state index is -0.670. The number of rotatable bonds is 3. The molecular weight excluding hydrogens is 280 g/mol. The molecule has 0 aliphatic carbocycles. The summed E-state index contributed by atoms with van der Waals surface area (Å²) in [7, 11) is 3.87. The van der Waals surface area contributed by atoms with E-state index in [0.29, 0.717) is 5.75 Å². The fourth-order valence-electron chi connectivity index (χ4n) is 2.15. The number of fused-ring (bicyclic) bond motifs is 1. The van der Waals surface area contributed by atoms with Crippen molar-refractivity contribution in [3.8, 4) is 11.8 Å². The topological polar surface area (TPSA) is 62.6 Å². The van der Waals surface area contributed by atoms with E-state index >= 15 is 0 Å². The molecular formula is C17H18N2O3. The van der Waals surface area contributed by atoms with Gasteiger partial charge in [0.25, 0.3) is 0 Å². The number of benzene rings is 1. The Morgan fingerprint density at radius 1 is 1.41 bits per heavy atom. The van der Waals surface area contributed by atoms with Crippen molar-refractivity contribution in [2.45, 2.75) is 13.8 Å². The zero-order valence-corrected chi connectivity index (χ0v) is 13.1. The largest absolute Gasteiger partial charge is 0.462 e. The molecule has 0 fully saturated rings. The van der Waals surface area contributed by atoms with Crippen LogP contribution in [0.15, 0.2) is 35.6 Å². The maximum absolute atomic E-state index is 11.8. The van der Waals surface area contributed by atoms with Crippen molar-refractivity contribution in [1.29, 1.82) is 5.26 Å². The fourth-order valence-corrected chi connectivity index (χ4v) is 2.15. The van der Waals surface area contributed by atoms with E-state index in [1.807, 2.05) is 50.2 Å². The van der Waals surface area contributed by atoms with Crippen LogP contribution in [0.4, 0.5) is 5.69 Å². The van der Waals surface area contributed by atoms with Crippen LogP contribution >= 0.6 is 0 Å². The van der Waals surface area contributed by atoms with Crippen molar-refractivity contribution in [1.82, 2.24) is 0 Å². The van der Waals surface area contributed by atoms with Gasteiger partial charge < -0.3 is 14.4 Å². The van der Waals surface area contributed by atoms with E-state index in [9.17, 15) is 10.1 Å². The number of nitrogens with zero attached hydrogens (tertiary/aromatic N) is 2. The van der Waals surface area contributed by atoms with Crippen molar-refractivity contribution in [3.63, 3.8) is 0 Å². The lowest BCUT2D eigenvalue weighted by atomic mass is 10.0. The smallest absolute Gasteiger partial charge is 0.352 e. The minimum Gasteiger partial charge on any atom is -0.462 e. The van der Waals surface area contributed by atoms with Crippen LogP contribution in [0.5, 0.6) is 5.75 Å². The molecule has 1 aromatic carbocycles. The molecule has 22 heavy (non-hydrogen) atoms. The third-order valence-electron chi connectivity index (χ3n) is 3.31. The van der Waals surface area contributed by atoms with Crippen molar-refractivity contribution >= 4 is 17.2 Å². The summed E-state index contributed by atoms with van der Waals surface area (Å²) in [6.45, 7) is 3.82. The highest BCUT2D eigenvalue weighted by Crippen LogP contribution is 2.36. The van der Waals surface area contributed by atoms with Crippen LogP contribution in [-0.2, 0) is 9.53 Å². The first-order valence-corrected chi connectivity index (χ1v) is 6.97. The summed E-state index contributed by atoms with van der Waals surface area (Å²) in [5, 5.41) is 9.23. The molecule has 1 aromatic rings. The molecule has 0 atom stereocenters. The third kappa shape index (κ3) is 2.96. The molecule has 0 spiro atoms. The SMILES string of the molecule is CCOC(=O)C(C#N)=C1C=C(C)c2ccc(N(C)C)cc2O1. The first-order chi connectivity index (χ1) is 10.5. The van der Waals surface area contributed by atoms with Crippen molar-refractivity contribution in [2.24, 2.45) is 0 Å². The fraction of sp³-hybridized carbons (Fsp3) is 0.294. The molecule has 0 saturated carbocycles. The number of nitriles is 1. The molecule has 0 unspecified atom stereocenters. The van der Waals surface area contributed by atoms with Crippen LogP contribution < -0.4 is 9.64 Å². The molecule has 0 amide bonds. The van der Waals surface area contributed by atoms with Gasteiger partial charge in [-0.15, -0.1) is 0 Å². The Kier molecular flexibility index (Phi) is 4.52. The lowest BCUT2D eigenvalue weighted by Gasteiger charge is -2.21. The van der Waals surface area contributed by atoms with Crippen LogP contribution in [0, 0.1) is 11.3 Å². The highest BCUT2D eigenvalue weighted by atomic mass is 16.5. The number of anilines is 1. The molecule has 0 N–H and O–H groups in total. The first kappa shape index (κ1) is 15.6. The second-order valence-electron chi connectivity index (χ2n) is 5.08. The first-order valence-electron chi connectivity index (χ1n) is 6.97. The summed E-state index contributed by atoms with van der Waals surface area (Å²) in [4.78, 5) is 13.8.